The number of imidazole rings is 1. The number of hydrogen-bond acceptors (Lipinski definition) is 5. The molecule has 0 bridgehead atoms. The third-order valence-electron chi connectivity index (χ3n) is 3.58. The number of aliphatic hydroxyl groups excluding tert-OH is 2. The van der Waals surface area contributed by atoms with E-state index in [4.69, 9.17) is 0 Å². The Morgan fingerprint density at radius 2 is 2.00 bits per heavy atom. The highest BCUT2D eigenvalue weighted by atomic mass is 32.1. The van der Waals surface area contributed by atoms with E-state index in [9.17, 15) is 10.2 Å². The summed E-state index contributed by atoms with van der Waals surface area (Å²) in [7, 11) is 2.00. The predicted octanol–water partition coefficient (Wildman–Crippen LogP) is 1.44. The van der Waals surface area contributed by atoms with Crippen LogP contribution >= 0.6 is 11.3 Å². The normalized spacial score (nSPS) is 12.8. The molecule has 0 aliphatic carbocycles. The monoisotopic (exact) mass is 297 g/mol. The Morgan fingerprint density at radius 3 is 2.60 bits per heavy atom. The molecule has 0 saturated carbocycles. The van der Waals surface area contributed by atoms with E-state index < -0.39 is 5.41 Å². The summed E-state index contributed by atoms with van der Waals surface area (Å²) < 4.78 is 2.14. The van der Waals surface area contributed by atoms with E-state index >= 15 is 0 Å². The number of thiazole rings is 1. The van der Waals surface area contributed by atoms with Gasteiger partial charge < -0.3 is 10.2 Å². The highest BCUT2D eigenvalue weighted by molar-refractivity contribution is 7.17. The largest absolute Gasteiger partial charge is 0.396 e. The molecule has 2 aromatic rings. The Hall–Kier alpha value is -0.950. The average molecular weight is 297 g/mol. The van der Waals surface area contributed by atoms with E-state index in [0.29, 0.717) is 6.54 Å². The first-order valence-electron chi connectivity index (χ1n) is 6.73. The summed E-state index contributed by atoms with van der Waals surface area (Å²) in [6, 6.07) is 0. The lowest BCUT2D eigenvalue weighted by Gasteiger charge is -2.30. The summed E-state index contributed by atoms with van der Waals surface area (Å²) in [5.74, 6) is 0. The summed E-state index contributed by atoms with van der Waals surface area (Å²) in [5.41, 5.74) is 1.74. The van der Waals surface area contributed by atoms with Gasteiger partial charge in [0.1, 0.15) is 0 Å². The maximum absolute atomic E-state index is 9.39. The summed E-state index contributed by atoms with van der Waals surface area (Å²) in [4.78, 5) is 8.97. The van der Waals surface area contributed by atoms with Gasteiger partial charge in [0.15, 0.2) is 4.96 Å². The zero-order valence-electron chi connectivity index (χ0n) is 12.6. The van der Waals surface area contributed by atoms with Gasteiger partial charge in [0.05, 0.1) is 24.6 Å². The lowest BCUT2D eigenvalue weighted by Crippen LogP contribution is -2.38. The van der Waals surface area contributed by atoms with Crippen LogP contribution in [-0.4, -0.2) is 51.3 Å². The lowest BCUT2D eigenvalue weighted by atomic mass is 9.92. The van der Waals surface area contributed by atoms with Gasteiger partial charge >= 0.3 is 0 Å². The third-order valence-corrected chi connectivity index (χ3v) is 4.47. The first kappa shape index (κ1) is 15.4. The van der Waals surface area contributed by atoms with Crippen molar-refractivity contribution in [3.05, 3.63) is 22.5 Å². The molecule has 5 nitrogen and oxygen atoms in total. The molecular weight excluding hydrogens is 274 g/mol. The Morgan fingerprint density at radius 1 is 1.35 bits per heavy atom. The zero-order chi connectivity index (χ0) is 14.9. The highest BCUT2D eigenvalue weighted by Crippen LogP contribution is 2.23. The van der Waals surface area contributed by atoms with Crippen molar-refractivity contribution in [2.24, 2.45) is 5.41 Å². The quantitative estimate of drug-likeness (QED) is 0.847. The average Bonchev–Trinajstić information content (AvgIpc) is 2.87. The van der Waals surface area contributed by atoms with Crippen LogP contribution in [0.2, 0.25) is 0 Å². The smallest absolute Gasteiger partial charge is 0.194 e. The second-order valence-corrected chi connectivity index (χ2v) is 7.15. The molecule has 112 valence electrons. The lowest BCUT2D eigenvalue weighted by molar-refractivity contribution is 0.0398. The fourth-order valence-corrected chi connectivity index (χ4v) is 3.30. The standard InChI is InChI=1S/C14H23N3O2S/c1-10-5-17-12(11(2)15-13(17)20-10)6-16(4)7-14(3,8-18)9-19/h5,18-19H,6-9H2,1-4H3. The Balaban J connectivity index is 2.17. The van der Waals surface area contributed by atoms with Gasteiger partial charge in [-0.15, -0.1) is 11.3 Å². The molecule has 0 unspecified atom stereocenters. The molecule has 0 saturated heterocycles. The van der Waals surface area contributed by atoms with Gasteiger partial charge in [-0.05, 0) is 20.9 Å². The number of aromatic nitrogens is 2. The van der Waals surface area contributed by atoms with Crippen LogP contribution < -0.4 is 0 Å². The van der Waals surface area contributed by atoms with Crippen LogP contribution in [0.15, 0.2) is 6.20 Å². The molecule has 0 spiro atoms. The zero-order valence-corrected chi connectivity index (χ0v) is 13.4. The van der Waals surface area contributed by atoms with Gasteiger partial charge in [-0.25, -0.2) is 4.98 Å². The fourth-order valence-electron chi connectivity index (χ4n) is 2.41. The molecule has 2 heterocycles. The molecule has 0 aromatic carbocycles. The van der Waals surface area contributed by atoms with Crippen LogP contribution in [0.5, 0.6) is 0 Å². The number of fused-ring (bicyclic) bond motifs is 1. The fraction of sp³-hybridized carbons (Fsp3) is 0.643. The van der Waals surface area contributed by atoms with Crippen LogP contribution in [0.1, 0.15) is 23.2 Å². The first-order valence-corrected chi connectivity index (χ1v) is 7.54. The number of rotatable bonds is 6. The van der Waals surface area contributed by atoms with Crippen LogP contribution in [0.25, 0.3) is 4.96 Å². The first-order chi connectivity index (χ1) is 9.38. The van der Waals surface area contributed by atoms with Gasteiger partial charge in [-0.3, -0.25) is 9.30 Å². The van der Waals surface area contributed by atoms with Crippen LogP contribution in [-0.2, 0) is 6.54 Å². The van der Waals surface area contributed by atoms with Crippen LogP contribution in [0.3, 0.4) is 0 Å². The Labute approximate surface area is 123 Å². The van der Waals surface area contributed by atoms with Crippen molar-refractivity contribution in [2.45, 2.75) is 27.3 Å². The maximum Gasteiger partial charge on any atom is 0.194 e. The molecule has 2 N–H and O–H groups in total. The third kappa shape index (κ3) is 3.03. The molecule has 0 aliphatic heterocycles. The van der Waals surface area contributed by atoms with Crippen molar-refractivity contribution in [3.8, 4) is 0 Å². The van der Waals surface area contributed by atoms with Crippen molar-refractivity contribution >= 4 is 16.3 Å². The molecule has 0 atom stereocenters. The number of aryl methyl sites for hydroxylation is 2. The van der Waals surface area contributed by atoms with E-state index in [2.05, 4.69) is 27.4 Å². The predicted molar refractivity (Wildman–Crippen MR) is 81.2 cm³/mol. The van der Waals surface area contributed by atoms with E-state index in [1.165, 1.54) is 10.6 Å². The molecule has 6 heteroatoms. The van der Waals surface area contributed by atoms with Gasteiger partial charge in [-0.1, -0.05) is 6.92 Å². The molecule has 0 fully saturated rings. The minimum Gasteiger partial charge on any atom is -0.396 e. The summed E-state index contributed by atoms with van der Waals surface area (Å²) in [5, 5.41) is 18.8. The van der Waals surface area contributed by atoms with Crippen molar-refractivity contribution < 1.29 is 10.2 Å². The van der Waals surface area contributed by atoms with Crippen molar-refractivity contribution in [2.75, 3.05) is 26.8 Å². The summed E-state index contributed by atoms with van der Waals surface area (Å²) >= 11 is 1.69. The van der Waals surface area contributed by atoms with E-state index in [1.807, 2.05) is 20.9 Å². The van der Waals surface area contributed by atoms with Gasteiger partial charge in [-0.2, -0.15) is 0 Å². The second-order valence-electron chi connectivity index (χ2n) is 5.94. The summed E-state index contributed by atoms with van der Waals surface area (Å²) in [6.07, 6.45) is 2.11. The number of hydrogen-bond donors (Lipinski definition) is 2. The SMILES string of the molecule is Cc1cn2c(CN(C)CC(C)(CO)CO)c(C)nc2s1. The highest BCUT2D eigenvalue weighted by Gasteiger charge is 2.25. The van der Waals surface area contributed by atoms with Gasteiger partial charge in [0.25, 0.3) is 0 Å². The van der Waals surface area contributed by atoms with E-state index in [0.717, 1.165) is 17.2 Å². The minimum atomic E-state index is -0.475. The molecule has 0 aliphatic rings. The molecule has 2 rings (SSSR count). The van der Waals surface area contributed by atoms with Crippen molar-refractivity contribution in [1.82, 2.24) is 14.3 Å². The number of aliphatic hydroxyl groups is 2. The molecule has 0 amide bonds. The van der Waals surface area contributed by atoms with Gasteiger partial charge in [0, 0.05) is 29.6 Å². The van der Waals surface area contributed by atoms with E-state index in [-0.39, 0.29) is 13.2 Å². The topological polar surface area (TPSA) is 61.0 Å². The van der Waals surface area contributed by atoms with Gasteiger partial charge in [0.2, 0.25) is 0 Å². The van der Waals surface area contributed by atoms with Crippen LogP contribution in [0.4, 0.5) is 0 Å². The second kappa shape index (κ2) is 5.81. The molecule has 0 radical (unpaired) electrons. The molecule has 2 aromatic heterocycles. The van der Waals surface area contributed by atoms with Crippen LogP contribution in [0, 0.1) is 19.3 Å². The summed E-state index contributed by atoms with van der Waals surface area (Å²) in [6.45, 7) is 7.33. The van der Waals surface area contributed by atoms with E-state index in [1.54, 1.807) is 11.3 Å². The Kier molecular flexibility index (Phi) is 4.49. The van der Waals surface area contributed by atoms with Crippen molar-refractivity contribution in [1.29, 1.82) is 0 Å². The molecule has 20 heavy (non-hydrogen) atoms. The maximum atomic E-state index is 9.39. The number of nitrogens with zero attached hydrogens (tertiary/aromatic N) is 3. The molecular formula is C14H23N3O2S. The van der Waals surface area contributed by atoms with Crippen molar-refractivity contribution in [3.63, 3.8) is 0 Å². The minimum absolute atomic E-state index is 0.0216. The Bertz CT molecular complexity index is 587.